The average Bonchev–Trinajstić information content (AvgIpc) is 2.57. The van der Waals surface area contributed by atoms with Crippen molar-refractivity contribution in [3.05, 3.63) is 29.3 Å². The molecule has 1 atom stereocenters. The lowest BCUT2D eigenvalue weighted by molar-refractivity contribution is -0.274. The minimum absolute atomic E-state index is 0.139. The Bertz CT molecular complexity index is 394. The molecule has 0 spiro atoms. The molecule has 0 aliphatic heterocycles. The van der Waals surface area contributed by atoms with Crippen LogP contribution in [0.1, 0.15) is 23.6 Å². The summed E-state index contributed by atoms with van der Waals surface area (Å²) in [5.74, 6) is -0.139. The Hall–Kier alpha value is -0.500. The maximum absolute atomic E-state index is 12.0. The molecule has 0 fully saturated rings. The van der Waals surface area contributed by atoms with E-state index in [1.807, 2.05) is 0 Å². The number of nitrogens with one attached hydrogen (secondary N) is 1. The van der Waals surface area contributed by atoms with Gasteiger partial charge >= 0.3 is 6.36 Å². The molecule has 1 aromatic rings. The topological polar surface area (TPSA) is 21.3 Å². The van der Waals surface area contributed by atoms with Gasteiger partial charge in [0.15, 0.2) is 0 Å². The van der Waals surface area contributed by atoms with E-state index in [2.05, 4.69) is 31.1 Å². The molecule has 0 bridgehead atoms. The van der Waals surface area contributed by atoms with Crippen molar-refractivity contribution < 1.29 is 17.9 Å². The summed E-state index contributed by atoms with van der Waals surface area (Å²) < 4.78 is 43.0. The third-order valence-corrected chi connectivity index (χ3v) is 3.31. The van der Waals surface area contributed by atoms with E-state index in [1.165, 1.54) is 12.1 Å². The van der Waals surface area contributed by atoms with E-state index in [1.54, 1.807) is 6.07 Å². The van der Waals surface area contributed by atoms with E-state index in [0.717, 1.165) is 24.0 Å². The Morgan fingerprint density at radius 1 is 1.38 bits per heavy atom. The second kappa shape index (κ2) is 4.40. The zero-order valence-electron chi connectivity index (χ0n) is 8.14. The highest BCUT2D eigenvalue weighted by Gasteiger charge is 2.32. The summed E-state index contributed by atoms with van der Waals surface area (Å²) in [7, 11) is 0. The fourth-order valence-electron chi connectivity index (χ4n) is 1.90. The maximum Gasteiger partial charge on any atom is 0.573 e. The van der Waals surface area contributed by atoms with Crippen LogP contribution in [0.25, 0.3) is 0 Å². The zero-order chi connectivity index (χ0) is 11.8. The van der Waals surface area contributed by atoms with Crippen molar-refractivity contribution in [3.8, 4) is 5.75 Å². The SMILES string of the molecule is FC(F)(F)Oc1ccc2c(c1)CCC2NI. The van der Waals surface area contributed by atoms with Gasteiger partial charge in [0.1, 0.15) is 5.75 Å². The summed E-state index contributed by atoms with van der Waals surface area (Å²) in [6.07, 6.45) is -2.92. The molecule has 0 saturated heterocycles. The second-order valence-corrected chi connectivity index (χ2v) is 4.23. The molecule has 0 amide bonds. The molecule has 1 unspecified atom stereocenters. The first-order valence-electron chi connectivity index (χ1n) is 4.74. The standard InChI is InChI=1S/C10H9F3INO/c11-10(12,13)16-7-2-3-8-6(5-7)1-4-9(8)15-14/h2-3,5,9,15H,1,4H2. The van der Waals surface area contributed by atoms with Crippen LogP contribution in [-0.4, -0.2) is 6.36 Å². The number of fused-ring (bicyclic) bond motifs is 1. The van der Waals surface area contributed by atoms with Crippen molar-refractivity contribution in [2.75, 3.05) is 0 Å². The number of alkyl halides is 3. The van der Waals surface area contributed by atoms with Crippen molar-refractivity contribution in [1.29, 1.82) is 0 Å². The van der Waals surface area contributed by atoms with Crippen LogP contribution in [0.5, 0.6) is 5.75 Å². The van der Waals surface area contributed by atoms with E-state index >= 15 is 0 Å². The van der Waals surface area contributed by atoms with Gasteiger partial charge in [0.25, 0.3) is 0 Å². The molecule has 1 aromatic carbocycles. The first-order valence-corrected chi connectivity index (χ1v) is 5.82. The zero-order valence-corrected chi connectivity index (χ0v) is 10.3. The summed E-state index contributed by atoms with van der Waals surface area (Å²) in [5, 5.41) is 0. The molecule has 6 heteroatoms. The lowest BCUT2D eigenvalue weighted by Gasteiger charge is -2.11. The summed E-state index contributed by atoms with van der Waals surface area (Å²) in [4.78, 5) is 0. The number of aryl methyl sites for hydroxylation is 1. The molecule has 0 radical (unpaired) electrons. The van der Waals surface area contributed by atoms with Crippen molar-refractivity contribution >= 4 is 22.9 Å². The van der Waals surface area contributed by atoms with Gasteiger partial charge in [0.2, 0.25) is 0 Å². The Balaban J connectivity index is 2.21. The third-order valence-electron chi connectivity index (χ3n) is 2.56. The molecule has 0 saturated carbocycles. The van der Waals surface area contributed by atoms with Gasteiger partial charge in [0.05, 0.1) is 0 Å². The number of hydrogen-bond acceptors (Lipinski definition) is 2. The van der Waals surface area contributed by atoms with Crippen molar-refractivity contribution in [2.24, 2.45) is 0 Å². The van der Waals surface area contributed by atoms with Crippen LogP contribution in [0.3, 0.4) is 0 Å². The molecule has 1 aliphatic rings. The Kier molecular flexibility index (Phi) is 3.29. The van der Waals surface area contributed by atoms with Crippen LogP contribution in [0, 0.1) is 0 Å². The summed E-state index contributed by atoms with van der Waals surface area (Å²) in [6, 6.07) is 4.75. The number of benzene rings is 1. The highest BCUT2D eigenvalue weighted by molar-refractivity contribution is 14.1. The molecule has 0 heterocycles. The van der Waals surface area contributed by atoms with Gasteiger partial charge in [0, 0.05) is 28.9 Å². The van der Waals surface area contributed by atoms with Crippen molar-refractivity contribution in [1.82, 2.24) is 3.53 Å². The summed E-state index contributed by atoms with van der Waals surface area (Å²) >= 11 is 2.06. The molecule has 0 aromatic heterocycles. The van der Waals surface area contributed by atoms with E-state index in [9.17, 15) is 13.2 Å². The van der Waals surface area contributed by atoms with E-state index in [4.69, 9.17) is 0 Å². The first kappa shape index (κ1) is 12.0. The molecule has 1 N–H and O–H groups in total. The fraction of sp³-hybridized carbons (Fsp3) is 0.400. The molecule has 2 nitrogen and oxygen atoms in total. The van der Waals surface area contributed by atoms with Crippen molar-refractivity contribution in [3.63, 3.8) is 0 Å². The number of hydrogen-bond donors (Lipinski definition) is 1. The Morgan fingerprint density at radius 3 is 2.75 bits per heavy atom. The van der Waals surface area contributed by atoms with Gasteiger partial charge < -0.3 is 4.74 Å². The van der Waals surface area contributed by atoms with Crippen LogP contribution in [-0.2, 0) is 6.42 Å². The van der Waals surface area contributed by atoms with Gasteiger partial charge in [-0.15, -0.1) is 13.2 Å². The number of rotatable bonds is 2. The van der Waals surface area contributed by atoms with E-state index in [0.29, 0.717) is 0 Å². The molecule has 2 rings (SSSR count). The largest absolute Gasteiger partial charge is 0.573 e. The molecular weight excluding hydrogens is 334 g/mol. The maximum atomic E-state index is 12.0. The van der Waals surface area contributed by atoms with Crippen LogP contribution < -0.4 is 8.27 Å². The monoisotopic (exact) mass is 343 g/mol. The van der Waals surface area contributed by atoms with Crippen LogP contribution >= 0.6 is 22.9 Å². The van der Waals surface area contributed by atoms with Gasteiger partial charge in [-0.1, -0.05) is 6.07 Å². The normalized spacial score (nSPS) is 19.6. The van der Waals surface area contributed by atoms with E-state index < -0.39 is 6.36 Å². The van der Waals surface area contributed by atoms with Crippen molar-refractivity contribution in [2.45, 2.75) is 25.2 Å². The van der Waals surface area contributed by atoms with Gasteiger partial charge in [-0.25, -0.2) is 0 Å². The van der Waals surface area contributed by atoms with Gasteiger partial charge in [-0.2, -0.15) is 0 Å². The van der Waals surface area contributed by atoms with Gasteiger partial charge in [-0.05, 0) is 36.1 Å². The molecule has 1 aliphatic carbocycles. The lowest BCUT2D eigenvalue weighted by Crippen LogP contribution is -2.17. The van der Waals surface area contributed by atoms with Gasteiger partial charge in [-0.3, -0.25) is 3.53 Å². The Morgan fingerprint density at radius 2 is 2.12 bits per heavy atom. The third kappa shape index (κ3) is 2.60. The molecule has 16 heavy (non-hydrogen) atoms. The van der Waals surface area contributed by atoms with E-state index in [-0.39, 0.29) is 11.8 Å². The fourth-order valence-corrected chi connectivity index (χ4v) is 2.55. The van der Waals surface area contributed by atoms with Crippen LogP contribution in [0.4, 0.5) is 13.2 Å². The predicted molar refractivity (Wildman–Crippen MR) is 61.3 cm³/mol. The average molecular weight is 343 g/mol. The number of halogens is 4. The minimum atomic E-state index is -4.62. The van der Waals surface area contributed by atoms with Crippen LogP contribution in [0.15, 0.2) is 18.2 Å². The predicted octanol–water partition coefficient (Wildman–Crippen LogP) is 3.51. The molecular formula is C10H9F3INO. The summed E-state index contributed by atoms with van der Waals surface area (Å²) in [6.45, 7) is 0. The highest BCUT2D eigenvalue weighted by Crippen LogP contribution is 2.35. The first-order chi connectivity index (χ1) is 7.49. The second-order valence-electron chi connectivity index (χ2n) is 3.61. The number of ether oxygens (including phenoxy) is 1. The quantitative estimate of drug-likeness (QED) is 0.656. The van der Waals surface area contributed by atoms with Crippen LogP contribution in [0.2, 0.25) is 0 Å². The summed E-state index contributed by atoms with van der Waals surface area (Å²) in [5.41, 5.74) is 1.99. The highest BCUT2D eigenvalue weighted by atomic mass is 127. The Labute approximate surface area is 105 Å². The smallest absolute Gasteiger partial charge is 0.406 e. The molecule has 88 valence electrons. The minimum Gasteiger partial charge on any atom is -0.406 e. The lowest BCUT2D eigenvalue weighted by atomic mass is 10.1.